The lowest BCUT2D eigenvalue weighted by molar-refractivity contribution is 0.453. The predicted molar refractivity (Wildman–Crippen MR) is 77.5 cm³/mol. The molecule has 0 amide bonds. The van der Waals surface area contributed by atoms with Gasteiger partial charge in [-0.3, -0.25) is 0 Å². The van der Waals surface area contributed by atoms with E-state index in [0.717, 1.165) is 5.56 Å². The topological polar surface area (TPSA) is 20.2 Å². The normalized spacial score (nSPS) is 11.4. The van der Waals surface area contributed by atoms with Crippen molar-refractivity contribution in [1.29, 1.82) is 0 Å². The van der Waals surface area contributed by atoms with Gasteiger partial charge in [0.1, 0.15) is 17.4 Å². The van der Waals surface area contributed by atoms with Gasteiger partial charge in [0.15, 0.2) is 0 Å². The highest BCUT2D eigenvalue weighted by atomic mass is 19.1. The second-order valence-corrected chi connectivity index (χ2v) is 4.98. The molecular weight excluding hydrogens is 258 g/mol. The van der Waals surface area contributed by atoms with Crippen LogP contribution in [0.4, 0.5) is 8.78 Å². The van der Waals surface area contributed by atoms with Crippen LogP contribution in [0.1, 0.15) is 36.5 Å². The molecule has 0 aliphatic heterocycles. The van der Waals surface area contributed by atoms with Crippen LogP contribution in [0.5, 0.6) is 5.75 Å². The van der Waals surface area contributed by atoms with Crippen molar-refractivity contribution in [2.75, 3.05) is 0 Å². The third-order valence-corrected chi connectivity index (χ3v) is 3.05. The summed E-state index contributed by atoms with van der Waals surface area (Å²) in [5.74, 6) is -0.838. The summed E-state index contributed by atoms with van der Waals surface area (Å²) in [6, 6.07) is 8.89. The molecule has 0 spiro atoms. The largest absolute Gasteiger partial charge is 0.508 e. The predicted octanol–water partition coefficient (Wildman–Crippen LogP) is 4.96. The average Bonchev–Trinajstić information content (AvgIpc) is 2.37. The highest BCUT2D eigenvalue weighted by Crippen LogP contribution is 2.30. The van der Waals surface area contributed by atoms with Crippen LogP contribution < -0.4 is 0 Å². The second-order valence-electron chi connectivity index (χ2n) is 4.98. The Kier molecular flexibility index (Phi) is 4.18. The Morgan fingerprint density at radius 2 is 1.55 bits per heavy atom. The molecule has 0 radical (unpaired) electrons. The zero-order chi connectivity index (χ0) is 14.7. The molecule has 0 aliphatic carbocycles. The van der Waals surface area contributed by atoms with Crippen molar-refractivity contribution in [3.63, 3.8) is 0 Å². The third kappa shape index (κ3) is 3.23. The molecule has 0 fully saturated rings. The fourth-order valence-corrected chi connectivity index (χ4v) is 2.06. The third-order valence-electron chi connectivity index (χ3n) is 3.05. The first-order valence-electron chi connectivity index (χ1n) is 6.43. The van der Waals surface area contributed by atoms with E-state index in [4.69, 9.17) is 0 Å². The van der Waals surface area contributed by atoms with Gasteiger partial charge in [-0.25, -0.2) is 8.78 Å². The Hall–Kier alpha value is -2.16. The maximum atomic E-state index is 13.9. The van der Waals surface area contributed by atoms with Crippen LogP contribution in [0.15, 0.2) is 36.4 Å². The number of halogens is 2. The quantitative estimate of drug-likeness (QED) is 0.784. The summed E-state index contributed by atoms with van der Waals surface area (Å²) in [5.41, 5.74) is 1.69. The average molecular weight is 274 g/mol. The lowest BCUT2D eigenvalue weighted by atomic mass is 9.99. The summed E-state index contributed by atoms with van der Waals surface area (Å²) in [6.45, 7) is 3.65. The van der Waals surface area contributed by atoms with Crippen LogP contribution in [0, 0.1) is 11.6 Å². The van der Waals surface area contributed by atoms with E-state index < -0.39 is 5.82 Å². The summed E-state index contributed by atoms with van der Waals surface area (Å²) >= 11 is 0. The van der Waals surface area contributed by atoms with E-state index >= 15 is 0 Å². The number of phenols is 1. The van der Waals surface area contributed by atoms with Gasteiger partial charge in [-0.1, -0.05) is 38.1 Å². The molecule has 2 aromatic carbocycles. The maximum absolute atomic E-state index is 13.9. The van der Waals surface area contributed by atoms with Crippen LogP contribution in [-0.2, 0) is 0 Å². The van der Waals surface area contributed by atoms with Crippen molar-refractivity contribution in [3.8, 4) is 5.75 Å². The van der Waals surface area contributed by atoms with Gasteiger partial charge < -0.3 is 5.11 Å². The van der Waals surface area contributed by atoms with Gasteiger partial charge >= 0.3 is 0 Å². The van der Waals surface area contributed by atoms with Crippen LogP contribution in [0.3, 0.4) is 0 Å². The summed E-state index contributed by atoms with van der Waals surface area (Å²) in [5, 5.41) is 9.85. The van der Waals surface area contributed by atoms with Crippen molar-refractivity contribution in [3.05, 3.63) is 64.7 Å². The Morgan fingerprint density at radius 1 is 0.950 bits per heavy atom. The summed E-state index contributed by atoms with van der Waals surface area (Å²) in [7, 11) is 0. The van der Waals surface area contributed by atoms with Crippen molar-refractivity contribution >= 4 is 12.2 Å². The second kappa shape index (κ2) is 5.87. The SMILES string of the molecule is CC(C)c1c(O)cc(/C=C/c2ccc(F)cc2)cc1F. The highest BCUT2D eigenvalue weighted by Gasteiger charge is 2.12. The summed E-state index contributed by atoms with van der Waals surface area (Å²) < 4.78 is 26.7. The molecule has 0 unspecified atom stereocenters. The molecule has 3 heteroatoms. The number of rotatable bonds is 3. The molecule has 0 bridgehead atoms. The van der Waals surface area contributed by atoms with E-state index in [1.165, 1.54) is 24.3 Å². The zero-order valence-electron chi connectivity index (χ0n) is 11.4. The van der Waals surface area contributed by atoms with Gasteiger partial charge in [0.25, 0.3) is 0 Å². The number of hydrogen-bond acceptors (Lipinski definition) is 1. The van der Waals surface area contributed by atoms with Crippen LogP contribution in [-0.4, -0.2) is 5.11 Å². The number of hydrogen-bond donors (Lipinski definition) is 1. The summed E-state index contributed by atoms with van der Waals surface area (Å²) in [6.07, 6.45) is 3.42. The van der Waals surface area contributed by atoms with Gasteiger partial charge in [0.05, 0.1) is 0 Å². The molecule has 0 saturated heterocycles. The van der Waals surface area contributed by atoms with E-state index in [9.17, 15) is 13.9 Å². The minimum atomic E-state index is -0.418. The molecule has 1 N–H and O–H groups in total. The molecule has 0 atom stereocenters. The molecular formula is C17H16F2O. The van der Waals surface area contributed by atoms with Gasteiger partial charge in [0.2, 0.25) is 0 Å². The molecule has 0 aromatic heterocycles. The monoisotopic (exact) mass is 274 g/mol. The number of phenolic OH excluding ortho intramolecular Hbond substituents is 1. The van der Waals surface area contributed by atoms with Crippen molar-refractivity contribution in [1.82, 2.24) is 0 Å². The molecule has 20 heavy (non-hydrogen) atoms. The van der Waals surface area contributed by atoms with Gasteiger partial charge in [-0.2, -0.15) is 0 Å². The molecule has 0 saturated carbocycles. The molecule has 2 aromatic rings. The zero-order valence-corrected chi connectivity index (χ0v) is 11.4. The van der Waals surface area contributed by atoms with Crippen LogP contribution in [0.2, 0.25) is 0 Å². The van der Waals surface area contributed by atoms with Crippen molar-refractivity contribution in [2.24, 2.45) is 0 Å². The van der Waals surface area contributed by atoms with Gasteiger partial charge in [-0.15, -0.1) is 0 Å². The minimum Gasteiger partial charge on any atom is -0.508 e. The lowest BCUT2D eigenvalue weighted by Crippen LogP contribution is -1.94. The first-order chi connectivity index (χ1) is 9.47. The Bertz CT molecular complexity index is 605. The minimum absolute atomic E-state index is 0.0428. The van der Waals surface area contributed by atoms with E-state index in [2.05, 4.69) is 0 Å². The molecule has 0 heterocycles. The Labute approximate surface area is 117 Å². The smallest absolute Gasteiger partial charge is 0.130 e. The number of benzene rings is 2. The first kappa shape index (κ1) is 14.3. The van der Waals surface area contributed by atoms with Gasteiger partial charge in [-0.05, 0) is 41.3 Å². The van der Waals surface area contributed by atoms with E-state index in [1.54, 1.807) is 24.3 Å². The maximum Gasteiger partial charge on any atom is 0.130 e. The summed E-state index contributed by atoms with van der Waals surface area (Å²) in [4.78, 5) is 0. The molecule has 1 nitrogen and oxygen atoms in total. The van der Waals surface area contributed by atoms with Gasteiger partial charge in [0, 0.05) is 5.56 Å². The van der Waals surface area contributed by atoms with E-state index in [0.29, 0.717) is 11.1 Å². The van der Waals surface area contributed by atoms with Crippen LogP contribution >= 0.6 is 0 Å². The standard InChI is InChI=1S/C17H16F2O/c1-11(2)17-15(19)9-13(10-16(17)20)4-3-12-5-7-14(18)8-6-12/h3-11,20H,1-2H3/b4-3+. The van der Waals surface area contributed by atoms with Crippen LogP contribution in [0.25, 0.3) is 12.2 Å². The molecule has 104 valence electrons. The Balaban J connectivity index is 2.28. The van der Waals surface area contributed by atoms with E-state index in [1.807, 2.05) is 13.8 Å². The molecule has 2 rings (SSSR count). The first-order valence-corrected chi connectivity index (χ1v) is 6.43. The van der Waals surface area contributed by atoms with E-state index in [-0.39, 0.29) is 17.5 Å². The van der Waals surface area contributed by atoms with Crippen molar-refractivity contribution < 1.29 is 13.9 Å². The Morgan fingerprint density at radius 3 is 2.10 bits per heavy atom. The molecule has 0 aliphatic rings. The fourth-order valence-electron chi connectivity index (χ4n) is 2.06. The fraction of sp³-hybridized carbons (Fsp3) is 0.176. The van der Waals surface area contributed by atoms with Crippen molar-refractivity contribution in [2.45, 2.75) is 19.8 Å². The highest BCUT2D eigenvalue weighted by molar-refractivity contribution is 5.70. The number of aromatic hydroxyl groups is 1. The lowest BCUT2D eigenvalue weighted by Gasteiger charge is -2.10.